The summed E-state index contributed by atoms with van der Waals surface area (Å²) in [5, 5.41) is 13.5. The minimum atomic E-state index is -4.77. The summed E-state index contributed by atoms with van der Waals surface area (Å²) >= 11 is 0. The molecule has 1 rings (SSSR count). The first-order valence-corrected chi connectivity index (χ1v) is 5.38. The first kappa shape index (κ1) is 15.3. The number of aliphatic hydroxyl groups is 1. The predicted octanol–water partition coefficient (Wildman–Crippen LogP) is 1.11. The Morgan fingerprint density at radius 1 is 1.37 bits per heavy atom. The number of hydrogen-bond acceptors (Lipinski definition) is 4. The number of ether oxygens (including phenoxy) is 1. The van der Waals surface area contributed by atoms with E-state index in [1.54, 1.807) is 0 Å². The van der Waals surface area contributed by atoms with E-state index in [9.17, 15) is 18.0 Å². The third-order valence-electron chi connectivity index (χ3n) is 1.93. The zero-order valence-corrected chi connectivity index (χ0v) is 9.83. The van der Waals surface area contributed by atoms with Crippen molar-refractivity contribution in [2.24, 2.45) is 0 Å². The van der Waals surface area contributed by atoms with E-state index in [0.717, 1.165) is 12.1 Å². The monoisotopic (exact) mass is 278 g/mol. The van der Waals surface area contributed by atoms with Crippen molar-refractivity contribution >= 4 is 11.6 Å². The van der Waals surface area contributed by atoms with E-state index in [-0.39, 0.29) is 25.4 Å². The molecule has 0 radical (unpaired) electrons. The lowest BCUT2D eigenvalue weighted by Gasteiger charge is -2.10. The highest BCUT2D eigenvalue weighted by atomic mass is 19.4. The molecule has 0 atom stereocenters. The smallest absolute Gasteiger partial charge is 0.406 e. The van der Waals surface area contributed by atoms with Crippen LogP contribution in [0.15, 0.2) is 24.3 Å². The quantitative estimate of drug-likeness (QED) is 0.682. The number of nitrogens with one attached hydrogen (secondary N) is 2. The van der Waals surface area contributed by atoms with Crippen LogP contribution in [0.4, 0.5) is 18.9 Å². The molecule has 0 aliphatic heterocycles. The minimum Gasteiger partial charge on any atom is -0.406 e. The second-order valence-corrected chi connectivity index (χ2v) is 3.52. The van der Waals surface area contributed by atoms with Crippen molar-refractivity contribution in [2.75, 3.05) is 25.0 Å². The maximum Gasteiger partial charge on any atom is 0.573 e. The van der Waals surface area contributed by atoms with Gasteiger partial charge in [-0.05, 0) is 12.1 Å². The lowest BCUT2D eigenvalue weighted by atomic mass is 10.3. The van der Waals surface area contributed by atoms with Crippen molar-refractivity contribution in [1.82, 2.24) is 5.32 Å². The molecule has 1 aromatic carbocycles. The van der Waals surface area contributed by atoms with E-state index in [4.69, 9.17) is 5.11 Å². The molecule has 0 unspecified atom stereocenters. The molecule has 0 saturated carbocycles. The fourth-order valence-corrected chi connectivity index (χ4v) is 1.26. The van der Waals surface area contributed by atoms with E-state index < -0.39 is 18.0 Å². The number of benzene rings is 1. The van der Waals surface area contributed by atoms with Crippen LogP contribution in [-0.2, 0) is 4.79 Å². The highest BCUT2D eigenvalue weighted by Gasteiger charge is 2.31. The van der Waals surface area contributed by atoms with Crippen LogP contribution in [-0.4, -0.2) is 37.1 Å². The Morgan fingerprint density at radius 3 is 2.74 bits per heavy atom. The van der Waals surface area contributed by atoms with Crippen molar-refractivity contribution in [3.05, 3.63) is 24.3 Å². The van der Waals surface area contributed by atoms with E-state index in [2.05, 4.69) is 15.4 Å². The summed E-state index contributed by atoms with van der Waals surface area (Å²) in [6.07, 6.45) is -4.77. The molecule has 1 amide bonds. The Bertz CT molecular complexity index is 424. The number of alkyl halides is 3. The van der Waals surface area contributed by atoms with E-state index in [1.807, 2.05) is 0 Å². The molecular weight excluding hydrogens is 265 g/mol. The van der Waals surface area contributed by atoms with Gasteiger partial charge in [0.25, 0.3) is 0 Å². The fraction of sp³-hybridized carbons (Fsp3) is 0.364. The summed E-state index contributed by atoms with van der Waals surface area (Å²) in [6, 6.07) is 4.97. The zero-order valence-electron chi connectivity index (χ0n) is 9.83. The van der Waals surface area contributed by atoms with Crippen LogP contribution in [0.3, 0.4) is 0 Å². The van der Waals surface area contributed by atoms with Crippen LogP contribution in [0.1, 0.15) is 0 Å². The molecule has 19 heavy (non-hydrogen) atoms. The largest absolute Gasteiger partial charge is 0.573 e. The van der Waals surface area contributed by atoms with Gasteiger partial charge >= 0.3 is 6.36 Å². The first-order chi connectivity index (χ1) is 8.90. The number of carbonyl (C=O) groups excluding carboxylic acids is 1. The van der Waals surface area contributed by atoms with E-state index >= 15 is 0 Å². The summed E-state index contributed by atoms with van der Waals surface area (Å²) in [7, 11) is 0. The van der Waals surface area contributed by atoms with Crippen molar-refractivity contribution in [2.45, 2.75) is 6.36 Å². The van der Waals surface area contributed by atoms with Gasteiger partial charge < -0.3 is 20.5 Å². The molecule has 1 aromatic rings. The van der Waals surface area contributed by atoms with Gasteiger partial charge in [0, 0.05) is 18.3 Å². The molecule has 5 nitrogen and oxygen atoms in total. The van der Waals surface area contributed by atoms with Crippen molar-refractivity contribution in [1.29, 1.82) is 0 Å². The van der Waals surface area contributed by atoms with Gasteiger partial charge in [0.05, 0.1) is 13.2 Å². The van der Waals surface area contributed by atoms with Crippen LogP contribution < -0.4 is 15.4 Å². The third kappa shape index (κ3) is 6.63. The highest BCUT2D eigenvalue weighted by Crippen LogP contribution is 2.24. The number of amides is 1. The van der Waals surface area contributed by atoms with Gasteiger partial charge in [-0.25, -0.2) is 0 Å². The summed E-state index contributed by atoms with van der Waals surface area (Å²) < 4.78 is 39.7. The summed E-state index contributed by atoms with van der Waals surface area (Å²) in [5.41, 5.74) is 0.192. The normalized spacial score (nSPS) is 11.2. The van der Waals surface area contributed by atoms with Crippen LogP contribution in [0.25, 0.3) is 0 Å². The number of carbonyl (C=O) groups is 1. The van der Waals surface area contributed by atoms with Crippen molar-refractivity contribution in [3.63, 3.8) is 0 Å². The fourth-order valence-electron chi connectivity index (χ4n) is 1.26. The maximum absolute atomic E-state index is 12.0. The molecule has 0 aliphatic carbocycles. The van der Waals surface area contributed by atoms with Crippen LogP contribution in [0.5, 0.6) is 5.75 Å². The molecule has 0 saturated heterocycles. The Hall–Kier alpha value is -1.80. The Morgan fingerprint density at radius 2 is 2.11 bits per heavy atom. The molecule has 0 fully saturated rings. The summed E-state index contributed by atoms with van der Waals surface area (Å²) in [5.74, 6) is -0.841. The molecule has 8 heteroatoms. The lowest BCUT2D eigenvalue weighted by molar-refractivity contribution is -0.274. The second-order valence-electron chi connectivity index (χ2n) is 3.52. The Kier molecular flexibility index (Phi) is 5.58. The number of halogens is 3. The highest BCUT2D eigenvalue weighted by molar-refractivity contribution is 5.92. The zero-order chi connectivity index (χ0) is 14.3. The molecule has 106 valence electrons. The Balaban J connectivity index is 2.54. The number of aliphatic hydroxyl groups excluding tert-OH is 1. The number of hydrogen-bond donors (Lipinski definition) is 3. The van der Waals surface area contributed by atoms with Crippen molar-refractivity contribution in [3.8, 4) is 5.75 Å². The summed E-state index contributed by atoms with van der Waals surface area (Å²) in [4.78, 5) is 11.4. The second kappa shape index (κ2) is 6.95. The summed E-state index contributed by atoms with van der Waals surface area (Å²) in [6.45, 7) is 0.0950. The number of rotatable bonds is 6. The molecule has 0 heterocycles. The standard InChI is InChI=1S/C11H13F3N2O3/c12-11(13,14)19-9-3-1-2-8(6-9)16-10(18)7-15-4-5-17/h1-3,6,15,17H,4-5,7H2,(H,16,18). The first-order valence-electron chi connectivity index (χ1n) is 5.38. The molecular formula is C11H13F3N2O3. The average molecular weight is 278 g/mol. The van der Waals surface area contributed by atoms with Crippen LogP contribution in [0.2, 0.25) is 0 Å². The van der Waals surface area contributed by atoms with Gasteiger partial charge in [-0.1, -0.05) is 6.07 Å². The van der Waals surface area contributed by atoms with E-state index in [1.165, 1.54) is 12.1 Å². The predicted molar refractivity (Wildman–Crippen MR) is 61.7 cm³/mol. The SMILES string of the molecule is O=C(CNCCO)Nc1cccc(OC(F)(F)F)c1. The van der Waals surface area contributed by atoms with E-state index in [0.29, 0.717) is 0 Å². The van der Waals surface area contributed by atoms with Gasteiger partial charge in [0.2, 0.25) is 5.91 Å². The molecule has 0 aromatic heterocycles. The van der Waals surface area contributed by atoms with Gasteiger partial charge in [0.1, 0.15) is 5.75 Å². The van der Waals surface area contributed by atoms with Gasteiger partial charge in [0.15, 0.2) is 0 Å². The number of anilines is 1. The minimum absolute atomic E-state index is 0.0507. The Labute approximate surface area is 107 Å². The van der Waals surface area contributed by atoms with Gasteiger partial charge in [-0.3, -0.25) is 4.79 Å². The third-order valence-corrected chi connectivity index (χ3v) is 1.93. The molecule has 0 bridgehead atoms. The van der Waals surface area contributed by atoms with Crippen LogP contribution in [0, 0.1) is 0 Å². The lowest BCUT2D eigenvalue weighted by Crippen LogP contribution is -2.29. The average Bonchev–Trinajstić information content (AvgIpc) is 2.27. The maximum atomic E-state index is 12.0. The van der Waals surface area contributed by atoms with Gasteiger partial charge in [-0.15, -0.1) is 13.2 Å². The molecule has 3 N–H and O–H groups in total. The van der Waals surface area contributed by atoms with Crippen LogP contribution >= 0.6 is 0 Å². The van der Waals surface area contributed by atoms with Gasteiger partial charge in [-0.2, -0.15) is 0 Å². The topological polar surface area (TPSA) is 70.6 Å². The molecule has 0 aliphatic rings. The molecule has 0 spiro atoms. The van der Waals surface area contributed by atoms with Crippen molar-refractivity contribution < 1.29 is 27.8 Å².